The molecule has 0 saturated carbocycles. The molecule has 2 rings (SSSR count). The van der Waals surface area contributed by atoms with Gasteiger partial charge in [0.25, 0.3) is 0 Å². The molecule has 70 valence electrons. The molecule has 3 heteroatoms. The zero-order valence-corrected chi connectivity index (χ0v) is 7.35. The first-order valence-electron chi connectivity index (χ1n) is 4.36. The molecule has 0 spiro atoms. The number of nitrogens with one attached hydrogen (secondary N) is 1. The quantitative estimate of drug-likeness (QED) is 0.705. The molecule has 1 aliphatic rings. The maximum absolute atomic E-state index is 12.9. The number of benzene rings is 1. The normalized spacial score (nSPS) is 22.2. The van der Waals surface area contributed by atoms with Gasteiger partial charge in [0.15, 0.2) is 0 Å². The number of alkyl halides is 1. The lowest BCUT2D eigenvalue weighted by Gasteiger charge is -2.11. The molecule has 1 nitrogen and oxygen atoms in total. The van der Waals surface area contributed by atoms with Crippen molar-refractivity contribution in [2.24, 2.45) is 0 Å². The Morgan fingerprint density at radius 3 is 3.00 bits per heavy atom. The minimum Gasteiger partial charge on any atom is -0.379 e. The molecule has 1 N–H and O–H groups in total. The summed E-state index contributed by atoms with van der Waals surface area (Å²) >= 11 is 0. The van der Waals surface area contributed by atoms with E-state index in [1.807, 2.05) is 0 Å². The topological polar surface area (TPSA) is 12.0 Å². The van der Waals surface area contributed by atoms with Gasteiger partial charge in [-0.3, -0.25) is 0 Å². The molecule has 13 heavy (non-hydrogen) atoms. The molecule has 1 aliphatic heterocycles. The first kappa shape index (κ1) is 8.48. The lowest BCUT2D eigenvalue weighted by atomic mass is 10.1. The van der Waals surface area contributed by atoms with Crippen LogP contribution in [0.25, 0.3) is 0 Å². The van der Waals surface area contributed by atoms with Crippen LogP contribution in [-0.2, 0) is 6.42 Å². The van der Waals surface area contributed by atoms with Gasteiger partial charge in [0.1, 0.15) is 12.0 Å². The second kappa shape index (κ2) is 2.98. The van der Waals surface area contributed by atoms with E-state index in [9.17, 15) is 8.78 Å². The van der Waals surface area contributed by atoms with Gasteiger partial charge in [-0.25, -0.2) is 8.78 Å². The molecule has 0 saturated heterocycles. The fraction of sp³-hybridized carbons (Fsp3) is 0.400. The van der Waals surface area contributed by atoms with Crippen LogP contribution in [0.15, 0.2) is 18.2 Å². The first-order valence-corrected chi connectivity index (χ1v) is 4.36. The van der Waals surface area contributed by atoms with Crippen molar-refractivity contribution in [2.45, 2.75) is 25.6 Å². The Labute approximate surface area is 75.8 Å². The maximum Gasteiger partial charge on any atom is 0.123 e. The van der Waals surface area contributed by atoms with Crippen LogP contribution in [0.4, 0.5) is 14.5 Å². The predicted octanol–water partition coefficient (Wildman–Crippen LogP) is 2.52. The third-order valence-electron chi connectivity index (χ3n) is 2.40. The summed E-state index contributed by atoms with van der Waals surface area (Å²) < 4.78 is 25.7. The van der Waals surface area contributed by atoms with Crippen LogP contribution in [0, 0.1) is 5.82 Å². The van der Waals surface area contributed by atoms with Crippen LogP contribution < -0.4 is 5.32 Å². The highest BCUT2D eigenvalue weighted by atomic mass is 19.1. The summed E-state index contributed by atoms with van der Waals surface area (Å²) in [4.78, 5) is 0. The second-order valence-corrected chi connectivity index (χ2v) is 3.43. The van der Waals surface area contributed by atoms with Crippen LogP contribution in [0.5, 0.6) is 0 Å². The highest BCUT2D eigenvalue weighted by molar-refractivity contribution is 5.57. The Bertz CT molecular complexity index is 323. The molecule has 1 aromatic rings. The Hall–Kier alpha value is -1.12. The van der Waals surface area contributed by atoms with Crippen LogP contribution in [0.2, 0.25) is 0 Å². The van der Waals surface area contributed by atoms with Crippen molar-refractivity contribution < 1.29 is 8.78 Å². The van der Waals surface area contributed by atoms with Gasteiger partial charge in [0.05, 0.1) is 6.04 Å². The Morgan fingerprint density at radius 1 is 1.54 bits per heavy atom. The minimum atomic E-state index is -0.907. The van der Waals surface area contributed by atoms with E-state index in [1.165, 1.54) is 19.1 Å². The highest BCUT2D eigenvalue weighted by Crippen LogP contribution is 2.28. The number of hydrogen-bond donors (Lipinski definition) is 1. The monoisotopic (exact) mass is 183 g/mol. The molecule has 1 aromatic carbocycles. The van der Waals surface area contributed by atoms with Crippen LogP contribution >= 0.6 is 0 Å². The number of hydrogen-bond acceptors (Lipinski definition) is 1. The predicted molar refractivity (Wildman–Crippen MR) is 48.1 cm³/mol. The summed E-state index contributed by atoms with van der Waals surface area (Å²) in [6, 6.07) is 4.31. The Balaban J connectivity index is 2.25. The van der Waals surface area contributed by atoms with E-state index < -0.39 is 6.17 Å². The van der Waals surface area contributed by atoms with E-state index in [1.54, 1.807) is 6.07 Å². The molecular formula is C10H11F2N. The summed E-state index contributed by atoms with van der Waals surface area (Å²) in [5, 5.41) is 3.02. The molecule has 0 aliphatic carbocycles. The first-order chi connectivity index (χ1) is 6.16. The van der Waals surface area contributed by atoms with Crippen molar-refractivity contribution in [3.05, 3.63) is 29.6 Å². The largest absolute Gasteiger partial charge is 0.379 e. The van der Waals surface area contributed by atoms with Crippen molar-refractivity contribution in [1.29, 1.82) is 0 Å². The van der Waals surface area contributed by atoms with Gasteiger partial charge in [-0.05, 0) is 37.1 Å². The van der Waals surface area contributed by atoms with Crippen molar-refractivity contribution in [3.63, 3.8) is 0 Å². The van der Waals surface area contributed by atoms with Gasteiger partial charge in [-0.15, -0.1) is 0 Å². The lowest BCUT2D eigenvalue weighted by molar-refractivity contribution is 0.322. The molecule has 2 unspecified atom stereocenters. The summed E-state index contributed by atoms with van der Waals surface area (Å²) in [6.45, 7) is 1.51. The van der Waals surface area contributed by atoms with E-state index in [2.05, 4.69) is 5.32 Å². The Kier molecular flexibility index (Phi) is 1.94. The smallest absolute Gasteiger partial charge is 0.123 e. The summed E-state index contributed by atoms with van der Waals surface area (Å²) in [7, 11) is 0. The van der Waals surface area contributed by atoms with Crippen LogP contribution in [0.1, 0.15) is 12.5 Å². The fourth-order valence-electron chi connectivity index (χ4n) is 1.64. The van der Waals surface area contributed by atoms with Gasteiger partial charge in [-0.1, -0.05) is 0 Å². The van der Waals surface area contributed by atoms with Crippen LogP contribution in [-0.4, -0.2) is 12.2 Å². The zero-order chi connectivity index (χ0) is 9.42. The van der Waals surface area contributed by atoms with Crippen LogP contribution in [0.3, 0.4) is 0 Å². The summed E-state index contributed by atoms with van der Waals surface area (Å²) in [5.41, 5.74) is 1.73. The third-order valence-corrected chi connectivity index (χ3v) is 2.40. The number of rotatable bonds is 1. The summed E-state index contributed by atoms with van der Waals surface area (Å²) in [6.07, 6.45) is -0.333. The second-order valence-electron chi connectivity index (χ2n) is 3.43. The SMILES string of the molecule is CC(F)C1Cc2cc(F)ccc2N1. The molecule has 0 aromatic heterocycles. The minimum absolute atomic E-state index is 0.197. The number of anilines is 1. The van der Waals surface area contributed by atoms with Crippen molar-refractivity contribution in [1.82, 2.24) is 0 Å². The molecule has 0 amide bonds. The standard InChI is InChI=1S/C10H11F2N/c1-6(11)10-5-7-4-8(12)2-3-9(7)13-10/h2-4,6,10,13H,5H2,1H3. The average molecular weight is 183 g/mol. The van der Waals surface area contributed by atoms with E-state index in [0.29, 0.717) is 6.42 Å². The van der Waals surface area contributed by atoms with Crippen molar-refractivity contribution in [2.75, 3.05) is 5.32 Å². The van der Waals surface area contributed by atoms with E-state index in [-0.39, 0.29) is 11.9 Å². The maximum atomic E-state index is 12.9. The van der Waals surface area contributed by atoms with Gasteiger partial charge in [0.2, 0.25) is 0 Å². The van der Waals surface area contributed by atoms with E-state index >= 15 is 0 Å². The lowest BCUT2D eigenvalue weighted by Crippen LogP contribution is -2.25. The molecule has 2 atom stereocenters. The molecule has 0 bridgehead atoms. The van der Waals surface area contributed by atoms with E-state index in [0.717, 1.165) is 11.3 Å². The molecule has 1 heterocycles. The van der Waals surface area contributed by atoms with Crippen molar-refractivity contribution >= 4 is 5.69 Å². The number of halogens is 2. The van der Waals surface area contributed by atoms with E-state index in [4.69, 9.17) is 0 Å². The van der Waals surface area contributed by atoms with Gasteiger partial charge < -0.3 is 5.32 Å². The number of fused-ring (bicyclic) bond motifs is 1. The Morgan fingerprint density at radius 2 is 2.31 bits per heavy atom. The zero-order valence-electron chi connectivity index (χ0n) is 7.35. The van der Waals surface area contributed by atoms with Crippen molar-refractivity contribution in [3.8, 4) is 0 Å². The third kappa shape index (κ3) is 1.50. The fourth-order valence-corrected chi connectivity index (χ4v) is 1.64. The molecule has 0 fully saturated rings. The van der Waals surface area contributed by atoms with Gasteiger partial charge >= 0.3 is 0 Å². The average Bonchev–Trinajstić information content (AvgIpc) is 2.46. The molecule has 0 radical (unpaired) electrons. The highest BCUT2D eigenvalue weighted by Gasteiger charge is 2.25. The van der Waals surface area contributed by atoms with Gasteiger partial charge in [0, 0.05) is 5.69 Å². The molecular weight excluding hydrogens is 172 g/mol. The van der Waals surface area contributed by atoms with Gasteiger partial charge in [-0.2, -0.15) is 0 Å². The summed E-state index contributed by atoms with van der Waals surface area (Å²) in [5.74, 6) is -0.257.